The topological polar surface area (TPSA) is 58.6 Å². The maximum Gasteiger partial charge on any atom is 0.240 e. The van der Waals surface area contributed by atoms with Crippen LogP contribution in [0.5, 0.6) is 0 Å². The molecule has 1 spiro atoms. The average Bonchev–Trinajstić information content (AvgIpc) is 3.18. The van der Waals surface area contributed by atoms with Gasteiger partial charge in [0.05, 0.1) is 16.6 Å². The first-order valence-corrected chi connectivity index (χ1v) is 12.2. The Kier molecular flexibility index (Phi) is 6.68. The smallest absolute Gasteiger partial charge is 0.240 e. The van der Waals surface area contributed by atoms with Crippen LogP contribution in [0.25, 0.3) is 6.08 Å². The van der Waals surface area contributed by atoms with Gasteiger partial charge in [0.1, 0.15) is 0 Å². The first kappa shape index (κ1) is 21.2. The predicted molar refractivity (Wildman–Crippen MR) is 120 cm³/mol. The van der Waals surface area contributed by atoms with E-state index in [0.717, 1.165) is 45.3 Å². The van der Waals surface area contributed by atoms with Crippen LogP contribution < -0.4 is 4.72 Å². The molecule has 5 nitrogen and oxygen atoms in total. The Morgan fingerprint density at radius 3 is 2.37 bits per heavy atom. The number of benzene rings is 2. The molecule has 160 valence electrons. The van der Waals surface area contributed by atoms with Gasteiger partial charge in [-0.3, -0.25) is 4.90 Å². The van der Waals surface area contributed by atoms with Crippen molar-refractivity contribution in [3.63, 3.8) is 0 Å². The molecule has 2 saturated heterocycles. The number of hydrogen-bond donors (Lipinski definition) is 1. The molecular formula is C24H30N2O3S. The Bertz CT molecular complexity index is 937. The summed E-state index contributed by atoms with van der Waals surface area (Å²) in [5.74, 6) is 0. The molecule has 1 unspecified atom stereocenters. The minimum Gasteiger partial charge on any atom is -0.370 e. The lowest BCUT2D eigenvalue weighted by molar-refractivity contribution is -0.0734. The van der Waals surface area contributed by atoms with Gasteiger partial charge in [-0.05, 0) is 43.4 Å². The average molecular weight is 427 g/mol. The lowest BCUT2D eigenvalue weighted by atomic mass is 9.88. The summed E-state index contributed by atoms with van der Waals surface area (Å²) in [5, 5.41) is 0. The van der Waals surface area contributed by atoms with E-state index in [1.54, 1.807) is 24.3 Å². The Morgan fingerprint density at radius 1 is 1.00 bits per heavy atom. The molecule has 0 aliphatic carbocycles. The molecule has 2 aliphatic rings. The van der Waals surface area contributed by atoms with Crippen LogP contribution in [0.2, 0.25) is 0 Å². The molecule has 2 aromatic rings. The van der Waals surface area contributed by atoms with Crippen LogP contribution >= 0.6 is 0 Å². The number of nitrogens with one attached hydrogen (secondary N) is 1. The molecule has 0 radical (unpaired) electrons. The molecule has 30 heavy (non-hydrogen) atoms. The molecule has 1 N–H and O–H groups in total. The Balaban J connectivity index is 1.22. The zero-order valence-electron chi connectivity index (χ0n) is 17.2. The third kappa shape index (κ3) is 5.38. The molecular weight excluding hydrogens is 396 g/mol. The summed E-state index contributed by atoms with van der Waals surface area (Å²) in [7, 11) is -3.48. The number of ether oxygens (including phenoxy) is 1. The van der Waals surface area contributed by atoms with Gasteiger partial charge in [-0.2, -0.15) is 0 Å². The van der Waals surface area contributed by atoms with E-state index in [4.69, 9.17) is 4.74 Å². The second-order valence-electron chi connectivity index (χ2n) is 8.24. The highest BCUT2D eigenvalue weighted by atomic mass is 32.2. The quantitative estimate of drug-likeness (QED) is 0.734. The minimum atomic E-state index is -3.48. The Labute approximate surface area is 179 Å². The summed E-state index contributed by atoms with van der Waals surface area (Å²) in [6.45, 7) is 3.32. The molecule has 0 amide bonds. The maximum atomic E-state index is 12.4. The summed E-state index contributed by atoms with van der Waals surface area (Å²) >= 11 is 0. The van der Waals surface area contributed by atoms with Crippen molar-refractivity contribution in [3.8, 4) is 0 Å². The summed E-state index contributed by atoms with van der Waals surface area (Å²) in [4.78, 5) is 2.76. The fraction of sp³-hybridized carbons (Fsp3) is 0.417. The van der Waals surface area contributed by atoms with Gasteiger partial charge in [0, 0.05) is 26.2 Å². The normalized spacial score (nSPS) is 22.1. The highest BCUT2D eigenvalue weighted by molar-refractivity contribution is 7.89. The van der Waals surface area contributed by atoms with Crippen molar-refractivity contribution in [3.05, 3.63) is 72.3 Å². The molecule has 2 heterocycles. The molecule has 6 heteroatoms. The van der Waals surface area contributed by atoms with Gasteiger partial charge >= 0.3 is 0 Å². The molecule has 0 aromatic heterocycles. The first-order chi connectivity index (χ1) is 14.5. The van der Waals surface area contributed by atoms with E-state index in [1.807, 2.05) is 12.1 Å². The fourth-order valence-electron chi connectivity index (χ4n) is 4.34. The van der Waals surface area contributed by atoms with E-state index in [1.165, 1.54) is 5.56 Å². The van der Waals surface area contributed by atoms with E-state index in [-0.39, 0.29) is 11.7 Å². The molecule has 4 rings (SSSR count). The van der Waals surface area contributed by atoms with Crippen molar-refractivity contribution < 1.29 is 13.2 Å². The molecule has 2 aromatic carbocycles. The van der Waals surface area contributed by atoms with Crippen LogP contribution in [0.1, 0.15) is 31.2 Å². The molecule has 2 aliphatic heterocycles. The van der Waals surface area contributed by atoms with Crippen molar-refractivity contribution in [2.24, 2.45) is 0 Å². The zero-order chi connectivity index (χ0) is 20.9. The highest BCUT2D eigenvalue weighted by Gasteiger charge is 2.42. The van der Waals surface area contributed by atoms with Crippen LogP contribution in [-0.2, 0) is 14.8 Å². The Morgan fingerprint density at radius 2 is 1.67 bits per heavy atom. The van der Waals surface area contributed by atoms with Gasteiger partial charge in [-0.25, -0.2) is 13.1 Å². The van der Waals surface area contributed by atoms with Crippen LogP contribution in [0.15, 0.2) is 71.6 Å². The standard InChI is InChI=1S/C24H30N2O3S/c27-30(28,23-11-5-2-6-12-23)25-20-22-13-14-24(29-22)15-18-26(19-16-24)17-7-10-21-8-3-1-4-9-21/h1-12,22,25H,13-20H2. The second-order valence-corrected chi connectivity index (χ2v) is 10.0. The van der Waals surface area contributed by atoms with Crippen LogP contribution in [0.4, 0.5) is 0 Å². The third-order valence-electron chi connectivity index (χ3n) is 6.13. The van der Waals surface area contributed by atoms with E-state index < -0.39 is 10.0 Å². The summed E-state index contributed by atoms with van der Waals surface area (Å²) in [6, 6.07) is 18.9. The number of rotatable bonds is 7. The van der Waals surface area contributed by atoms with Crippen molar-refractivity contribution in [1.29, 1.82) is 0 Å². The second kappa shape index (κ2) is 9.43. The third-order valence-corrected chi connectivity index (χ3v) is 7.57. The van der Waals surface area contributed by atoms with Crippen LogP contribution in [-0.4, -0.2) is 51.2 Å². The Hall–Kier alpha value is -1.99. The molecule has 2 fully saturated rings. The number of likely N-dealkylation sites (tertiary alicyclic amines) is 1. The lowest BCUT2D eigenvalue weighted by Gasteiger charge is -2.38. The zero-order valence-corrected chi connectivity index (χ0v) is 18.1. The van der Waals surface area contributed by atoms with Gasteiger partial charge in [-0.15, -0.1) is 0 Å². The number of nitrogens with zero attached hydrogens (tertiary/aromatic N) is 1. The summed E-state index contributed by atoms with van der Waals surface area (Å²) in [5.41, 5.74) is 1.15. The van der Waals surface area contributed by atoms with E-state index in [2.05, 4.69) is 46.0 Å². The van der Waals surface area contributed by atoms with Crippen molar-refractivity contribution in [2.45, 2.75) is 42.3 Å². The number of piperidine rings is 1. The van der Waals surface area contributed by atoms with E-state index in [9.17, 15) is 8.42 Å². The van der Waals surface area contributed by atoms with E-state index in [0.29, 0.717) is 11.4 Å². The summed E-state index contributed by atoms with van der Waals surface area (Å²) in [6.07, 6.45) is 8.29. The SMILES string of the molecule is O=S(=O)(NCC1CCC2(CCN(CC=Cc3ccccc3)CC2)O1)c1ccccc1. The largest absolute Gasteiger partial charge is 0.370 e. The monoisotopic (exact) mass is 426 g/mol. The van der Waals surface area contributed by atoms with Gasteiger partial charge < -0.3 is 4.74 Å². The fourth-order valence-corrected chi connectivity index (χ4v) is 5.43. The van der Waals surface area contributed by atoms with Crippen LogP contribution in [0.3, 0.4) is 0 Å². The highest BCUT2D eigenvalue weighted by Crippen LogP contribution is 2.38. The van der Waals surface area contributed by atoms with Gasteiger partial charge in [0.15, 0.2) is 0 Å². The molecule has 0 saturated carbocycles. The first-order valence-electron chi connectivity index (χ1n) is 10.7. The maximum absolute atomic E-state index is 12.4. The van der Waals surface area contributed by atoms with Crippen molar-refractivity contribution >= 4 is 16.1 Å². The molecule has 1 atom stereocenters. The van der Waals surface area contributed by atoms with Gasteiger partial charge in [0.25, 0.3) is 0 Å². The number of hydrogen-bond acceptors (Lipinski definition) is 4. The van der Waals surface area contributed by atoms with Crippen molar-refractivity contribution in [1.82, 2.24) is 9.62 Å². The minimum absolute atomic E-state index is 0.0481. The molecule has 0 bridgehead atoms. The van der Waals surface area contributed by atoms with Crippen LogP contribution in [0, 0.1) is 0 Å². The lowest BCUT2D eigenvalue weighted by Crippen LogP contribution is -2.45. The summed E-state index contributed by atoms with van der Waals surface area (Å²) < 4.78 is 33.9. The van der Waals surface area contributed by atoms with E-state index >= 15 is 0 Å². The van der Waals surface area contributed by atoms with Gasteiger partial charge in [-0.1, -0.05) is 60.7 Å². The van der Waals surface area contributed by atoms with Gasteiger partial charge in [0.2, 0.25) is 10.0 Å². The number of sulfonamides is 1. The van der Waals surface area contributed by atoms with Crippen molar-refractivity contribution in [2.75, 3.05) is 26.2 Å². The predicted octanol–water partition coefficient (Wildman–Crippen LogP) is 3.69.